The first kappa shape index (κ1) is 26.6. The van der Waals surface area contributed by atoms with Crippen LogP contribution in [0, 0.1) is 0 Å². The topological polar surface area (TPSA) is 61.8 Å². The molecule has 0 bridgehead atoms. The van der Waals surface area contributed by atoms with Crippen LogP contribution in [0.4, 0.5) is 0 Å². The van der Waals surface area contributed by atoms with Crippen LogP contribution >= 0.6 is 0 Å². The second-order valence-electron chi connectivity index (χ2n) is 8.52. The van der Waals surface area contributed by atoms with Gasteiger partial charge in [0.2, 0.25) is 0 Å². The number of aldehydes is 1. The number of hydrogen-bond donors (Lipinski definition) is 0. The molecule has 0 saturated carbocycles. The van der Waals surface area contributed by atoms with Crippen LogP contribution < -0.4 is 0 Å². The molecule has 6 heteroatoms. The number of carbonyl (C=O) groups is 2. The average Bonchev–Trinajstić information content (AvgIpc) is 2.57. The van der Waals surface area contributed by atoms with Crippen LogP contribution in [0.25, 0.3) is 0 Å². The van der Waals surface area contributed by atoms with Gasteiger partial charge >= 0.3 is 5.97 Å². The maximum atomic E-state index is 11.3. The molecule has 0 radical (unpaired) electrons. The number of carbonyl (C=O) groups excluding carboxylic acids is 2. The maximum absolute atomic E-state index is 11.3. The SMILES string of the molecule is CCOC(=O)/C=C/O[C@@H](/C=C/CCC[C@H](C)O[Si](C)(C)C(C)(C)C)CCC=O. The molecule has 28 heavy (non-hydrogen) atoms. The van der Waals surface area contributed by atoms with Gasteiger partial charge in [-0.1, -0.05) is 26.8 Å². The minimum absolute atomic E-state index is 0.224. The molecule has 0 spiro atoms. The highest BCUT2D eigenvalue weighted by Crippen LogP contribution is 2.37. The molecule has 0 unspecified atom stereocenters. The molecule has 0 aromatic heterocycles. The zero-order valence-electron chi connectivity index (χ0n) is 18.8. The number of rotatable bonds is 14. The second kappa shape index (κ2) is 13.7. The first-order valence-corrected chi connectivity index (χ1v) is 13.2. The zero-order valence-corrected chi connectivity index (χ0v) is 19.8. The summed E-state index contributed by atoms with van der Waals surface area (Å²) in [4.78, 5) is 21.9. The molecule has 162 valence electrons. The van der Waals surface area contributed by atoms with Gasteiger partial charge in [0.05, 0.1) is 18.9 Å². The molecular formula is C22H40O5Si. The zero-order chi connectivity index (χ0) is 21.6. The van der Waals surface area contributed by atoms with Crippen LogP contribution in [0.2, 0.25) is 18.1 Å². The number of hydrogen-bond acceptors (Lipinski definition) is 5. The molecule has 0 fully saturated rings. The molecule has 0 heterocycles. The molecule has 0 rings (SSSR count). The quantitative estimate of drug-likeness (QED) is 0.0710. The van der Waals surface area contributed by atoms with E-state index in [1.165, 1.54) is 12.3 Å². The fourth-order valence-corrected chi connectivity index (χ4v) is 3.82. The van der Waals surface area contributed by atoms with Gasteiger partial charge in [0.25, 0.3) is 0 Å². The Morgan fingerprint density at radius 3 is 2.39 bits per heavy atom. The van der Waals surface area contributed by atoms with Crippen LogP contribution in [-0.4, -0.2) is 39.4 Å². The molecule has 0 aliphatic heterocycles. The Morgan fingerprint density at radius 2 is 1.82 bits per heavy atom. The van der Waals surface area contributed by atoms with Gasteiger partial charge in [0, 0.05) is 12.5 Å². The van der Waals surface area contributed by atoms with Crippen LogP contribution in [0.15, 0.2) is 24.5 Å². The van der Waals surface area contributed by atoms with E-state index in [0.717, 1.165) is 25.5 Å². The molecule has 0 aromatic rings. The highest BCUT2D eigenvalue weighted by Gasteiger charge is 2.38. The van der Waals surface area contributed by atoms with E-state index in [9.17, 15) is 9.59 Å². The van der Waals surface area contributed by atoms with Crippen molar-refractivity contribution in [1.29, 1.82) is 0 Å². The van der Waals surface area contributed by atoms with Crippen molar-refractivity contribution in [2.75, 3.05) is 6.61 Å². The second-order valence-corrected chi connectivity index (χ2v) is 13.3. The third-order valence-corrected chi connectivity index (χ3v) is 9.55. The Balaban J connectivity index is 4.37. The highest BCUT2D eigenvalue weighted by atomic mass is 28.4. The Kier molecular flexibility index (Phi) is 13.0. The summed E-state index contributed by atoms with van der Waals surface area (Å²) < 4.78 is 16.7. The first-order chi connectivity index (χ1) is 13.0. The van der Waals surface area contributed by atoms with Gasteiger partial charge in [-0.3, -0.25) is 0 Å². The van der Waals surface area contributed by atoms with E-state index in [-0.39, 0.29) is 17.2 Å². The normalized spacial score (nSPS) is 15.0. The third-order valence-electron chi connectivity index (χ3n) is 4.95. The smallest absolute Gasteiger partial charge is 0.333 e. The summed E-state index contributed by atoms with van der Waals surface area (Å²) >= 11 is 0. The fraction of sp³-hybridized carbons (Fsp3) is 0.727. The molecule has 0 aliphatic carbocycles. The van der Waals surface area contributed by atoms with E-state index in [1.54, 1.807) is 6.92 Å². The Labute approximate surface area is 172 Å². The van der Waals surface area contributed by atoms with Gasteiger partial charge in [0.15, 0.2) is 8.32 Å². The lowest BCUT2D eigenvalue weighted by Gasteiger charge is -2.38. The van der Waals surface area contributed by atoms with Crippen molar-refractivity contribution in [3.63, 3.8) is 0 Å². The molecule has 0 N–H and O–H groups in total. The minimum Gasteiger partial charge on any atom is -0.494 e. The third kappa shape index (κ3) is 12.1. The largest absolute Gasteiger partial charge is 0.494 e. The van der Waals surface area contributed by atoms with Crippen LogP contribution in [0.3, 0.4) is 0 Å². The van der Waals surface area contributed by atoms with E-state index in [1.807, 2.05) is 6.08 Å². The van der Waals surface area contributed by atoms with E-state index < -0.39 is 14.3 Å². The summed E-state index contributed by atoms with van der Waals surface area (Å²) in [5.41, 5.74) is 0. The molecule has 0 amide bonds. The van der Waals surface area contributed by atoms with Crippen LogP contribution in [0.5, 0.6) is 0 Å². The summed E-state index contributed by atoms with van der Waals surface area (Å²) in [5, 5.41) is 0.224. The van der Waals surface area contributed by atoms with E-state index in [4.69, 9.17) is 13.9 Å². The van der Waals surface area contributed by atoms with Crippen LogP contribution in [-0.2, 0) is 23.5 Å². The Bertz CT molecular complexity index is 506. The summed E-state index contributed by atoms with van der Waals surface area (Å²) in [5.74, 6) is -0.434. The Hall–Kier alpha value is -1.40. The molecular weight excluding hydrogens is 372 g/mol. The van der Waals surface area contributed by atoms with Crippen molar-refractivity contribution in [1.82, 2.24) is 0 Å². The highest BCUT2D eigenvalue weighted by molar-refractivity contribution is 6.74. The predicted octanol–water partition coefficient (Wildman–Crippen LogP) is 5.56. The maximum Gasteiger partial charge on any atom is 0.333 e. The van der Waals surface area contributed by atoms with Crippen molar-refractivity contribution in [2.24, 2.45) is 0 Å². The minimum atomic E-state index is -1.72. The van der Waals surface area contributed by atoms with Crippen molar-refractivity contribution in [2.45, 2.75) is 97.1 Å². The monoisotopic (exact) mass is 412 g/mol. The summed E-state index contributed by atoms with van der Waals surface area (Å²) in [6.07, 6.45) is 11.5. The standard InChI is InChI=1S/C22H40O5Si/c1-8-25-21(24)16-18-26-20(15-12-17-23)14-11-9-10-13-19(2)27-28(6,7)22(3,4)5/h11,14,16-20H,8-10,12-13,15H2,1-7H3/b14-11+,18-16+/t19-,20-/m0/s1. The Morgan fingerprint density at radius 1 is 1.14 bits per heavy atom. The fourth-order valence-electron chi connectivity index (χ4n) is 2.34. The van der Waals surface area contributed by atoms with E-state index >= 15 is 0 Å². The van der Waals surface area contributed by atoms with Gasteiger partial charge in [-0.25, -0.2) is 4.79 Å². The number of esters is 1. The number of allylic oxidation sites excluding steroid dienone is 1. The first-order valence-electron chi connectivity index (χ1n) is 10.3. The summed E-state index contributed by atoms with van der Waals surface area (Å²) in [6, 6.07) is 0. The molecule has 2 atom stereocenters. The molecule has 0 aliphatic rings. The average molecular weight is 413 g/mol. The molecule has 0 aromatic carbocycles. The lowest BCUT2D eigenvalue weighted by Crippen LogP contribution is -2.43. The van der Waals surface area contributed by atoms with Crippen molar-refractivity contribution < 1.29 is 23.5 Å². The summed E-state index contributed by atoms with van der Waals surface area (Å²) in [6.45, 7) is 15.6. The van der Waals surface area contributed by atoms with Gasteiger partial charge in [0.1, 0.15) is 12.4 Å². The van der Waals surface area contributed by atoms with Crippen molar-refractivity contribution >= 4 is 20.6 Å². The van der Waals surface area contributed by atoms with E-state index in [2.05, 4.69) is 46.9 Å². The van der Waals surface area contributed by atoms with Gasteiger partial charge in [-0.2, -0.15) is 0 Å². The van der Waals surface area contributed by atoms with Gasteiger partial charge in [-0.05, 0) is 63.7 Å². The summed E-state index contributed by atoms with van der Waals surface area (Å²) in [7, 11) is -1.72. The van der Waals surface area contributed by atoms with Gasteiger partial charge in [-0.15, -0.1) is 0 Å². The van der Waals surface area contributed by atoms with Gasteiger partial charge < -0.3 is 18.7 Å². The molecule has 0 saturated heterocycles. The van der Waals surface area contributed by atoms with Crippen LogP contribution in [0.1, 0.15) is 66.7 Å². The van der Waals surface area contributed by atoms with E-state index in [0.29, 0.717) is 19.4 Å². The lowest BCUT2D eigenvalue weighted by molar-refractivity contribution is -0.137. The van der Waals surface area contributed by atoms with Crippen molar-refractivity contribution in [3.8, 4) is 0 Å². The lowest BCUT2D eigenvalue weighted by atomic mass is 10.1. The number of ether oxygens (including phenoxy) is 2. The molecule has 5 nitrogen and oxygen atoms in total. The van der Waals surface area contributed by atoms with Crippen molar-refractivity contribution in [3.05, 3.63) is 24.5 Å². The number of unbranched alkanes of at least 4 members (excludes halogenated alkanes) is 1. The predicted molar refractivity (Wildman–Crippen MR) is 117 cm³/mol.